The van der Waals surface area contributed by atoms with Gasteiger partial charge in [0, 0.05) is 12.0 Å². The first-order chi connectivity index (χ1) is 13.9. The summed E-state index contributed by atoms with van der Waals surface area (Å²) < 4.78 is 37.7. The van der Waals surface area contributed by atoms with Gasteiger partial charge >= 0.3 is 0 Å². The van der Waals surface area contributed by atoms with Gasteiger partial charge in [-0.25, -0.2) is 8.42 Å². The van der Waals surface area contributed by atoms with Crippen molar-refractivity contribution in [3.8, 4) is 11.5 Å². The Labute approximate surface area is 169 Å². The van der Waals surface area contributed by atoms with E-state index in [1.165, 1.54) is 0 Å². The van der Waals surface area contributed by atoms with E-state index in [0.717, 1.165) is 5.56 Å². The van der Waals surface area contributed by atoms with Crippen LogP contribution < -0.4 is 9.47 Å². The smallest absolute Gasteiger partial charge is 0.231 e. The third-order valence-electron chi connectivity index (χ3n) is 4.96. The zero-order valence-corrected chi connectivity index (χ0v) is 16.7. The molecule has 0 fully saturated rings. The van der Waals surface area contributed by atoms with E-state index >= 15 is 0 Å². The number of benzene rings is 3. The van der Waals surface area contributed by atoms with Gasteiger partial charge in [-0.3, -0.25) is 4.79 Å². The molecule has 0 aliphatic carbocycles. The number of hydrogen-bond donors (Lipinski definition) is 0. The van der Waals surface area contributed by atoms with Crippen molar-refractivity contribution in [3.63, 3.8) is 0 Å². The molecule has 0 radical (unpaired) electrons. The van der Waals surface area contributed by atoms with Crippen LogP contribution in [0.3, 0.4) is 0 Å². The Morgan fingerprint density at radius 2 is 1.62 bits per heavy atom. The van der Waals surface area contributed by atoms with Crippen molar-refractivity contribution >= 4 is 15.6 Å². The van der Waals surface area contributed by atoms with Crippen molar-refractivity contribution < 1.29 is 22.7 Å². The fourth-order valence-corrected chi connectivity index (χ4v) is 5.04. The predicted molar refractivity (Wildman–Crippen MR) is 109 cm³/mol. The maximum absolute atomic E-state index is 13.5. The van der Waals surface area contributed by atoms with Crippen molar-refractivity contribution in [3.05, 3.63) is 89.5 Å². The van der Waals surface area contributed by atoms with E-state index in [1.54, 1.807) is 66.7 Å². The Hall–Kier alpha value is -3.12. The van der Waals surface area contributed by atoms with Crippen LogP contribution in [0, 0.1) is 6.92 Å². The summed E-state index contributed by atoms with van der Waals surface area (Å²) in [5.74, 6) is 0.817. The number of ketones is 1. The van der Waals surface area contributed by atoms with Gasteiger partial charge in [0.25, 0.3) is 0 Å². The third-order valence-corrected chi connectivity index (χ3v) is 7.08. The summed E-state index contributed by atoms with van der Waals surface area (Å²) in [7, 11) is -3.81. The molecule has 4 rings (SSSR count). The van der Waals surface area contributed by atoms with Crippen molar-refractivity contribution in [1.82, 2.24) is 0 Å². The Morgan fingerprint density at radius 1 is 0.931 bits per heavy atom. The number of fused-ring (bicyclic) bond motifs is 1. The van der Waals surface area contributed by atoms with E-state index in [4.69, 9.17) is 9.47 Å². The van der Waals surface area contributed by atoms with Crippen LogP contribution in [0.1, 0.15) is 33.2 Å². The van der Waals surface area contributed by atoms with Crippen molar-refractivity contribution in [2.45, 2.75) is 23.5 Å². The Morgan fingerprint density at radius 3 is 2.34 bits per heavy atom. The van der Waals surface area contributed by atoms with Crippen LogP contribution in [0.15, 0.2) is 77.7 Å². The minimum atomic E-state index is -3.81. The molecule has 1 aliphatic heterocycles. The fourth-order valence-electron chi connectivity index (χ4n) is 3.32. The molecule has 0 N–H and O–H groups in total. The molecule has 3 aromatic rings. The number of carbonyl (C=O) groups excluding carboxylic acids is 1. The molecule has 148 valence electrons. The number of hydrogen-bond acceptors (Lipinski definition) is 5. The molecule has 1 heterocycles. The number of aryl methyl sites for hydroxylation is 1. The van der Waals surface area contributed by atoms with Crippen LogP contribution in [0.2, 0.25) is 0 Å². The van der Waals surface area contributed by atoms with Gasteiger partial charge in [0.2, 0.25) is 6.79 Å². The van der Waals surface area contributed by atoms with Crippen LogP contribution >= 0.6 is 0 Å². The first-order valence-corrected chi connectivity index (χ1v) is 10.8. The van der Waals surface area contributed by atoms with Gasteiger partial charge in [-0.2, -0.15) is 0 Å². The second-order valence-corrected chi connectivity index (χ2v) is 9.08. The molecule has 5 nitrogen and oxygen atoms in total. The minimum Gasteiger partial charge on any atom is -0.454 e. The van der Waals surface area contributed by atoms with Gasteiger partial charge in [0.1, 0.15) is 0 Å². The molecular formula is C23H20O5S. The molecule has 0 bridgehead atoms. The molecule has 0 spiro atoms. The molecule has 0 amide bonds. The van der Waals surface area contributed by atoms with Gasteiger partial charge in [-0.15, -0.1) is 0 Å². The van der Waals surface area contributed by atoms with Gasteiger partial charge in [0.05, 0.1) is 10.1 Å². The minimum absolute atomic E-state index is 0.0944. The third kappa shape index (κ3) is 3.89. The number of sulfone groups is 1. The monoisotopic (exact) mass is 408 g/mol. The van der Waals surface area contributed by atoms with E-state index < -0.39 is 15.1 Å². The lowest BCUT2D eigenvalue weighted by Crippen LogP contribution is -2.18. The second kappa shape index (κ2) is 7.72. The maximum atomic E-state index is 13.5. The normalized spacial score (nSPS) is 13.8. The van der Waals surface area contributed by atoms with Crippen LogP contribution in [0.5, 0.6) is 11.5 Å². The Balaban J connectivity index is 1.76. The highest BCUT2D eigenvalue weighted by molar-refractivity contribution is 7.91. The molecule has 0 unspecified atom stereocenters. The van der Waals surface area contributed by atoms with Crippen molar-refractivity contribution in [1.29, 1.82) is 0 Å². The number of carbonyl (C=O) groups is 1. The highest BCUT2D eigenvalue weighted by Gasteiger charge is 2.32. The summed E-state index contributed by atoms with van der Waals surface area (Å²) in [6.45, 7) is 1.99. The number of ether oxygens (including phenoxy) is 2. The lowest BCUT2D eigenvalue weighted by Gasteiger charge is -2.18. The summed E-state index contributed by atoms with van der Waals surface area (Å²) >= 11 is 0. The Kier molecular flexibility index (Phi) is 5.11. The SMILES string of the molecule is Cc1ccc(S(=O)(=O)[C@@H](CC(=O)c2ccccc2)c2ccc3c(c2)OCO3)cc1. The van der Waals surface area contributed by atoms with Gasteiger partial charge < -0.3 is 9.47 Å². The van der Waals surface area contributed by atoms with Crippen LogP contribution in [0.4, 0.5) is 0 Å². The lowest BCUT2D eigenvalue weighted by atomic mass is 10.0. The molecule has 0 saturated carbocycles. The van der Waals surface area contributed by atoms with Gasteiger partial charge in [-0.1, -0.05) is 54.1 Å². The largest absolute Gasteiger partial charge is 0.454 e. The lowest BCUT2D eigenvalue weighted by molar-refractivity contribution is 0.0980. The van der Waals surface area contributed by atoms with E-state index in [9.17, 15) is 13.2 Å². The van der Waals surface area contributed by atoms with E-state index in [1.807, 2.05) is 13.0 Å². The summed E-state index contributed by atoms with van der Waals surface area (Å²) in [4.78, 5) is 13.1. The molecule has 1 aliphatic rings. The molecule has 3 aromatic carbocycles. The quantitative estimate of drug-likeness (QED) is 0.561. The number of Topliss-reactive ketones (excluding diaryl/α,β-unsaturated/α-hetero) is 1. The van der Waals surface area contributed by atoms with Gasteiger partial charge in [-0.05, 0) is 36.8 Å². The topological polar surface area (TPSA) is 69.7 Å². The Bertz CT molecular complexity index is 1140. The van der Waals surface area contributed by atoms with E-state index in [-0.39, 0.29) is 23.9 Å². The molecular weight excluding hydrogens is 388 g/mol. The molecule has 0 aromatic heterocycles. The van der Waals surface area contributed by atoms with Crippen LogP contribution in [0.25, 0.3) is 0 Å². The first-order valence-electron chi connectivity index (χ1n) is 9.23. The maximum Gasteiger partial charge on any atom is 0.231 e. The predicted octanol–water partition coefficient (Wildman–Crippen LogP) is 4.51. The van der Waals surface area contributed by atoms with Crippen molar-refractivity contribution in [2.75, 3.05) is 6.79 Å². The average Bonchev–Trinajstić information content (AvgIpc) is 3.20. The highest BCUT2D eigenvalue weighted by Crippen LogP contribution is 2.39. The number of rotatable bonds is 6. The second-order valence-electron chi connectivity index (χ2n) is 6.95. The fraction of sp³-hybridized carbons (Fsp3) is 0.174. The highest BCUT2D eigenvalue weighted by atomic mass is 32.2. The zero-order chi connectivity index (χ0) is 20.4. The molecule has 29 heavy (non-hydrogen) atoms. The zero-order valence-electron chi connectivity index (χ0n) is 15.9. The molecule has 0 saturated heterocycles. The average molecular weight is 408 g/mol. The molecule has 1 atom stereocenters. The van der Waals surface area contributed by atoms with Gasteiger partial charge in [0.15, 0.2) is 27.1 Å². The standard InChI is InChI=1S/C23H20O5S/c1-16-7-10-19(11-8-16)29(25,26)23(14-20(24)17-5-3-2-4-6-17)18-9-12-21-22(13-18)28-15-27-21/h2-13,23H,14-15H2,1H3/t23-/m0/s1. The summed E-state index contributed by atoms with van der Waals surface area (Å²) in [6.07, 6.45) is -0.167. The molecule has 6 heteroatoms. The van der Waals surface area contributed by atoms with Crippen LogP contribution in [-0.2, 0) is 9.84 Å². The van der Waals surface area contributed by atoms with Crippen molar-refractivity contribution in [2.24, 2.45) is 0 Å². The van der Waals surface area contributed by atoms with E-state index in [0.29, 0.717) is 22.6 Å². The summed E-state index contributed by atoms with van der Waals surface area (Å²) in [6, 6.07) is 20.4. The summed E-state index contributed by atoms with van der Waals surface area (Å²) in [5, 5.41) is -1.03. The summed E-state index contributed by atoms with van der Waals surface area (Å²) in [5.41, 5.74) is 1.94. The van der Waals surface area contributed by atoms with Crippen LogP contribution in [-0.4, -0.2) is 21.0 Å². The van der Waals surface area contributed by atoms with E-state index in [2.05, 4.69) is 0 Å². The first kappa shape index (κ1) is 19.2.